The molecule has 0 radical (unpaired) electrons. The van der Waals surface area contributed by atoms with E-state index in [1.54, 1.807) is 0 Å². The molecule has 4 N–H and O–H groups in total. The summed E-state index contributed by atoms with van der Waals surface area (Å²) in [4.78, 5) is 14.0. The van der Waals surface area contributed by atoms with Gasteiger partial charge in [0.05, 0.1) is 4.92 Å². The van der Waals surface area contributed by atoms with Crippen LogP contribution in [0.2, 0.25) is 0 Å². The fraction of sp³-hybridized carbons (Fsp3) is 0.444. The number of hydrogen-bond donors (Lipinski definition) is 3. The Hall–Kier alpha value is -1.89. The third kappa shape index (κ3) is 3.06. The molecule has 1 aromatic heterocycles. The lowest BCUT2D eigenvalue weighted by Crippen LogP contribution is -2.16. The highest BCUT2D eigenvalue weighted by Crippen LogP contribution is 2.22. The van der Waals surface area contributed by atoms with Crippen molar-refractivity contribution >= 4 is 17.3 Å². The molecule has 0 aliphatic carbocycles. The van der Waals surface area contributed by atoms with Crippen LogP contribution in [0, 0.1) is 16.0 Å². The van der Waals surface area contributed by atoms with E-state index < -0.39 is 4.92 Å². The summed E-state index contributed by atoms with van der Waals surface area (Å²) in [5.74, 6) is 0.331. The zero-order valence-corrected chi connectivity index (χ0v) is 8.88. The van der Waals surface area contributed by atoms with Gasteiger partial charge in [0.1, 0.15) is 5.82 Å². The Bertz CT molecular complexity index is 383. The number of nitro groups is 1. The van der Waals surface area contributed by atoms with Crippen molar-refractivity contribution < 1.29 is 10.0 Å². The van der Waals surface area contributed by atoms with Crippen molar-refractivity contribution in [2.24, 2.45) is 5.92 Å². The van der Waals surface area contributed by atoms with E-state index in [-0.39, 0.29) is 29.8 Å². The molecule has 7 nitrogen and oxygen atoms in total. The Kier molecular flexibility index (Phi) is 4.01. The maximum atomic E-state index is 10.7. The number of rotatable bonds is 5. The second kappa shape index (κ2) is 5.26. The predicted molar refractivity (Wildman–Crippen MR) is 60.0 cm³/mol. The molecule has 0 saturated heterocycles. The molecule has 1 aromatic rings. The molecule has 1 heterocycles. The van der Waals surface area contributed by atoms with E-state index in [4.69, 9.17) is 10.8 Å². The smallest absolute Gasteiger partial charge is 0.311 e. The van der Waals surface area contributed by atoms with Gasteiger partial charge in [-0.2, -0.15) is 0 Å². The van der Waals surface area contributed by atoms with E-state index in [1.165, 1.54) is 12.1 Å². The monoisotopic (exact) mass is 226 g/mol. The number of nitrogens with one attached hydrogen (secondary N) is 1. The van der Waals surface area contributed by atoms with Crippen LogP contribution in [0.1, 0.15) is 6.92 Å². The van der Waals surface area contributed by atoms with Gasteiger partial charge in [-0.05, 0) is 12.0 Å². The number of pyridine rings is 1. The molecular weight excluding hydrogens is 212 g/mol. The lowest BCUT2D eigenvalue weighted by atomic mass is 10.2. The fourth-order valence-corrected chi connectivity index (χ4v) is 1.08. The first kappa shape index (κ1) is 12.2. The summed E-state index contributed by atoms with van der Waals surface area (Å²) in [5, 5.41) is 22.3. The van der Waals surface area contributed by atoms with Gasteiger partial charge in [-0.3, -0.25) is 10.1 Å². The summed E-state index contributed by atoms with van der Waals surface area (Å²) in [6.07, 6.45) is 0. The van der Waals surface area contributed by atoms with Gasteiger partial charge in [-0.1, -0.05) is 6.92 Å². The molecule has 1 atom stereocenters. The molecule has 1 rings (SSSR count). The number of aliphatic hydroxyl groups is 1. The van der Waals surface area contributed by atoms with Crippen LogP contribution in [-0.4, -0.2) is 28.2 Å². The Morgan fingerprint density at radius 2 is 2.38 bits per heavy atom. The SMILES string of the molecule is CC(CO)CNc1nc(N)ccc1[N+](=O)[O-]. The Morgan fingerprint density at radius 3 is 2.94 bits per heavy atom. The molecule has 0 fully saturated rings. The van der Waals surface area contributed by atoms with E-state index in [9.17, 15) is 10.1 Å². The summed E-state index contributed by atoms with van der Waals surface area (Å²) in [6, 6.07) is 2.67. The van der Waals surface area contributed by atoms with Gasteiger partial charge >= 0.3 is 5.69 Å². The van der Waals surface area contributed by atoms with Gasteiger partial charge in [0, 0.05) is 19.2 Å². The second-order valence-corrected chi connectivity index (χ2v) is 3.53. The zero-order chi connectivity index (χ0) is 12.1. The highest BCUT2D eigenvalue weighted by Gasteiger charge is 2.15. The molecule has 0 amide bonds. The van der Waals surface area contributed by atoms with Crippen molar-refractivity contribution in [2.75, 3.05) is 24.2 Å². The van der Waals surface area contributed by atoms with Gasteiger partial charge in [-0.25, -0.2) is 4.98 Å². The number of nitrogens with two attached hydrogens (primary N) is 1. The molecule has 0 spiro atoms. The van der Waals surface area contributed by atoms with Crippen LogP contribution in [0.3, 0.4) is 0 Å². The molecule has 0 aliphatic heterocycles. The van der Waals surface area contributed by atoms with Crippen LogP contribution in [-0.2, 0) is 0 Å². The minimum Gasteiger partial charge on any atom is -0.396 e. The highest BCUT2D eigenvalue weighted by atomic mass is 16.6. The zero-order valence-electron chi connectivity index (χ0n) is 8.88. The number of nitrogens with zero attached hydrogens (tertiary/aromatic N) is 2. The normalized spacial score (nSPS) is 12.1. The van der Waals surface area contributed by atoms with Crippen LogP contribution in [0.5, 0.6) is 0 Å². The van der Waals surface area contributed by atoms with Crippen molar-refractivity contribution in [3.05, 3.63) is 22.2 Å². The number of aromatic nitrogens is 1. The van der Waals surface area contributed by atoms with Crippen molar-refractivity contribution in [3.63, 3.8) is 0 Å². The van der Waals surface area contributed by atoms with E-state index in [0.29, 0.717) is 6.54 Å². The third-order valence-corrected chi connectivity index (χ3v) is 2.02. The number of anilines is 2. The summed E-state index contributed by atoms with van der Waals surface area (Å²) < 4.78 is 0. The molecular formula is C9H14N4O3. The molecule has 16 heavy (non-hydrogen) atoms. The van der Waals surface area contributed by atoms with Gasteiger partial charge in [-0.15, -0.1) is 0 Å². The van der Waals surface area contributed by atoms with Crippen LogP contribution in [0.4, 0.5) is 17.3 Å². The summed E-state index contributed by atoms with van der Waals surface area (Å²) in [7, 11) is 0. The molecule has 0 saturated carbocycles. The maximum absolute atomic E-state index is 10.7. The van der Waals surface area contributed by atoms with Gasteiger partial charge in [0.25, 0.3) is 0 Å². The lowest BCUT2D eigenvalue weighted by Gasteiger charge is -2.10. The average molecular weight is 226 g/mol. The Morgan fingerprint density at radius 1 is 1.69 bits per heavy atom. The van der Waals surface area contributed by atoms with Crippen molar-refractivity contribution in [1.82, 2.24) is 4.98 Å². The minimum absolute atomic E-state index is 0.00309. The van der Waals surface area contributed by atoms with Crippen LogP contribution in [0.25, 0.3) is 0 Å². The fourth-order valence-electron chi connectivity index (χ4n) is 1.08. The highest BCUT2D eigenvalue weighted by molar-refractivity contribution is 5.59. The number of nitrogen functional groups attached to an aromatic ring is 1. The number of hydrogen-bond acceptors (Lipinski definition) is 6. The van der Waals surface area contributed by atoms with Crippen LogP contribution < -0.4 is 11.1 Å². The van der Waals surface area contributed by atoms with E-state index in [0.717, 1.165) is 0 Å². The topological polar surface area (TPSA) is 114 Å². The summed E-state index contributed by atoms with van der Waals surface area (Å²) in [6.45, 7) is 2.21. The largest absolute Gasteiger partial charge is 0.396 e. The quantitative estimate of drug-likeness (QED) is 0.500. The van der Waals surface area contributed by atoms with Gasteiger partial charge in [0.15, 0.2) is 0 Å². The molecule has 0 aromatic carbocycles. The molecule has 1 unspecified atom stereocenters. The summed E-state index contributed by atoms with van der Waals surface area (Å²) in [5.41, 5.74) is 5.32. The maximum Gasteiger partial charge on any atom is 0.311 e. The average Bonchev–Trinajstić information content (AvgIpc) is 2.25. The van der Waals surface area contributed by atoms with Crippen molar-refractivity contribution in [2.45, 2.75) is 6.92 Å². The van der Waals surface area contributed by atoms with Gasteiger partial charge in [0.2, 0.25) is 5.82 Å². The Balaban J connectivity index is 2.84. The van der Waals surface area contributed by atoms with E-state index in [1.807, 2.05) is 6.92 Å². The van der Waals surface area contributed by atoms with E-state index >= 15 is 0 Å². The van der Waals surface area contributed by atoms with Crippen LogP contribution in [0.15, 0.2) is 12.1 Å². The third-order valence-electron chi connectivity index (χ3n) is 2.02. The molecule has 0 aliphatic rings. The minimum atomic E-state index is -0.529. The first-order valence-electron chi connectivity index (χ1n) is 4.80. The lowest BCUT2D eigenvalue weighted by molar-refractivity contribution is -0.384. The molecule has 7 heteroatoms. The molecule has 0 bridgehead atoms. The van der Waals surface area contributed by atoms with Crippen LogP contribution >= 0.6 is 0 Å². The standard InChI is InChI=1S/C9H14N4O3/c1-6(5-14)4-11-9-7(13(15)16)2-3-8(10)12-9/h2-3,6,14H,4-5H2,1H3,(H3,10,11,12). The van der Waals surface area contributed by atoms with Crippen molar-refractivity contribution in [1.29, 1.82) is 0 Å². The Labute approximate surface area is 92.4 Å². The van der Waals surface area contributed by atoms with Crippen molar-refractivity contribution in [3.8, 4) is 0 Å². The summed E-state index contributed by atoms with van der Waals surface area (Å²) >= 11 is 0. The molecule has 88 valence electrons. The predicted octanol–water partition coefficient (Wildman–Crippen LogP) is 0.612. The first-order valence-corrected chi connectivity index (χ1v) is 4.80. The van der Waals surface area contributed by atoms with Gasteiger partial charge < -0.3 is 16.2 Å². The van der Waals surface area contributed by atoms with E-state index in [2.05, 4.69) is 10.3 Å². The first-order chi connectivity index (χ1) is 7.54. The second-order valence-electron chi connectivity index (χ2n) is 3.53. The number of aliphatic hydroxyl groups excluding tert-OH is 1.